The molecule has 1 aliphatic heterocycles. The molecule has 0 saturated carbocycles. The number of fused-ring (bicyclic) bond motifs is 1. The van der Waals surface area contributed by atoms with Gasteiger partial charge < -0.3 is 9.80 Å². The van der Waals surface area contributed by atoms with E-state index in [2.05, 4.69) is 64.5 Å². The van der Waals surface area contributed by atoms with Crippen molar-refractivity contribution in [1.82, 2.24) is 15.1 Å². The van der Waals surface area contributed by atoms with E-state index in [1.807, 2.05) is 41.3 Å². The van der Waals surface area contributed by atoms with Crippen LogP contribution in [0.25, 0.3) is 22.0 Å². The molecule has 0 aliphatic carbocycles. The summed E-state index contributed by atoms with van der Waals surface area (Å²) >= 11 is 0. The number of hydrogen-bond donors (Lipinski definition) is 0. The van der Waals surface area contributed by atoms with Gasteiger partial charge in [-0.2, -0.15) is 0 Å². The molecule has 1 aliphatic rings. The zero-order valence-corrected chi connectivity index (χ0v) is 18.2. The standard InChI is InChI=1S/C27H26N4O/c1-20-6-4-7-21(18-20)19-27(32)31-16-14-30(15-17-31)26-13-12-25(28-29-26)24-11-5-9-22-8-2-3-10-23(22)24/h2-13,18H,14-17,19H2,1H3. The number of benzene rings is 3. The summed E-state index contributed by atoms with van der Waals surface area (Å²) in [6.07, 6.45) is 0.460. The maximum atomic E-state index is 12.7. The fourth-order valence-electron chi connectivity index (χ4n) is 4.38. The molecule has 0 radical (unpaired) electrons. The Morgan fingerprint density at radius 1 is 0.844 bits per heavy atom. The van der Waals surface area contributed by atoms with Gasteiger partial charge in [0.1, 0.15) is 0 Å². The summed E-state index contributed by atoms with van der Waals surface area (Å²) in [6.45, 7) is 5.00. The zero-order chi connectivity index (χ0) is 21.9. The van der Waals surface area contributed by atoms with Crippen molar-refractivity contribution in [1.29, 1.82) is 0 Å². The molecule has 0 spiro atoms. The first-order valence-electron chi connectivity index (χ1n) is 11.1. The van der Waals surface area contributed by atoms with Gasteiger partial charge in [-0.3, -0.25) is 4.79 Å². The minimum Gasteiger partial charge on any atom is -0.352 e. The predicted molar refractivity (Wildman–Crippen MR) is 129 cm³/mol. The number of hydrogen-bond acceptors (Lipinski definition) is 4. The van der Waals surface area contributed by atoms with E-state index >= 15 is 0 Å². The smallest absolute Gasteiger partial charge is 0.227 e. The number of nitrogens with zero attached hydrogens (tertiary/aromatic N) is 4. The Balaban J connectivity index is 1.24. The lowest BCUT2D eigenvalue weighted by atomic mass is 10.0. The van der Waals surface area contributed by atoms with Gasteiger partial charge in [-0.05, 0) is 35.4 Å². The molecule has 1 fully saturated rings. The number of anilines is 1. The third-order valence-electron chi connectivity index (χ3n) is 6.11. The van der Waals surface area contributed by atoms with Crippen LogP contribution in [0.5, 0.6) is 0 Å². The van der Waals surface area contributed by atoms with E-state index < -0.39 is 0 Å². The number of carbonyl (C=O) groups is 1. The number of aryl methyl sites for hydroxylation is 1. The van der Waals surface area contributed by atoms with Crippen LogP contribution in [-0.4, -0.2) is 47.2 Å². The van der Waals surface area contributed by atoms with Gasteiger partial charge in [0.05, 0.1) is 12.1 Å². The van der Waals surface area contributed by atoms with E-state index in [1.165, 1.54) is 16.3 Å². The average molecular weight is 423 g/mol. The highest BCUT2D eigenvalue weighted by molar-refractivity contribution is 5.95. The van der Waals surface area contributed by atoms with Crippen LogP contribution < -0.4 is 4.90 Å². The molecule has 160 valence electrons. The quantitative estimate of drug-likeness (QED) is 0.486. The molecule has 32 heavy (non-hydrogen) atoms. The van der Waals surface area contributed by atoms with Crippen LogP contribution in [0.15, 0.2) is 78.9 Å². The first-order valence-corrected chi connectivity index (χ1v) is 11.1. The van der Waals surface area contributed by atoms with Crippen molar-refractivity contribution >= 4 is 22.5 Å². The van der Waals surface area contributed by atoms with Crippen LogP contribution in [-0.2, 0) is 11.2 Å². The monoisotopic (exact) mass is 422 g/mol. The van der Waals surface area contributed by atoms with Gasteiger partial charge in [-0.1, -0.05) is 72.3 Å². The Bertz CT molecular complexity index is 1240. The lowest BCUT2D eigenvalue weighted by Gasteiger charge is -2.35. The maximum Gasteiger partial charge on any atom is 0.227 e. The minimum atomic E-state index is 0.188. The van der Waals surface area contributed by atoms with Crippen molar-refractivity contribution in [3.05, 3.63) is 90.0 Å². The summed E-state index contributed by atoms with van der Waals surface area (Å²) in [4.78, 5) is 16.9. The van der Waals surface area contributed by atoms with Crippen LogP contribution >= 0.6 is 0 Å². The van der Waals surface area contributed by atoms with Gasteiger partial charge >= 0.3 is 0 Å². The molecule has 0 atom stereocenters. The highest BCUT2D eigenvalue weighted by atomic mass is 16.2. The molecule has 2 heterocycles. The molecule has 0 N–H and O–H groups in total. The van der Waals surface area contributed by atoms with Gasteiger partial charge in [-0.15, -0.1) is 10.2 Å². The van der Waals surface area contributed by atoms with Gasteiger partial charge in [0.15, 0.2) is 5.82 Å². The summed E-state index contributed by atoms with van der Waals surface area (Å²) in [5, 5.41) is 11.4. The highest BCUT2D eigenvalue weighted by Crippen LogP contribution is 2.27. The van der Waals surface area contributed by atoms with Crippen LogP contribution in [0.3, 0.4) is 0 Å². The zero-order valence-electron chi connectivity index (χ0n) is 18.2. The largest absolute Gasteiger partial charge is 0.352 e. The van der Waals surface area contributed by atoms with Crippen molar-refractivity contribution < 1.29 is 4.79 Å². The lowest BCUT2D eigenvalue weighted by Crippen LogP contribution is -2.49. The number of amides is 1. The summed E-state index contributed by atoms with van der Waals surface area (Å²) in [6, 6.07) is 26.8. The second kappa shape index (κ2) is 8.79. The molecule has 0 unspecified atom stereocenters. The van der Waals surface area contributed by atoms with E-state index in [0.717, 1.165) is 35.7 Å². The molecule has 4 aromatic rings. The Kier molecular flexibility index (Phi) is 5.55. The van der Waals surface area contributed by atoms with Crippen LogP contribution in [0, 0.1) is 6.92 Å². The van der Waals surface area contributed by atoms with Gasteiger partial charge in [0.25, 0.3) is 0 Å². The molecule has 3 aromatic carbocycles. The van der Waals surface area contributed by atoms with E-state index in [4.69, 9.17) is 0 Å². The third-order valence-corrected chi connectivity index (χ3v) is 6.11. The Morgan fingerprint density at radius 3 is 2.41 bits per heavy atom. The van der Waals surface area contributed by atoms with Gasteiger partial charge in [0.2, 0.25) is 5.91 Å². The SMILES string of the molecule is Cc1cccc(CC(=O)N2CCN(c3ccc(-c4cccc5ccccc45)nn3)CC2)c1. The average Bonchev–Trinajstić information content (AvgIpc) is 2.84. The lowest BCUT2D eigenvalue weighted by molar-refractivity contribution is -0.130. The fourth-order valence-corrected chi connectivity index (χ4v) is 4.38. The summed E-state index contributed by atoms with van der Waals surface area (Å²) in [7, 11) is 0. The Hall–Kier alpha value is -3.73. The minimum absolute atomic E-state index is 0.188. The van der Waals surface area contributed by atoms with E-state index in [0.29, 0.717) is 19.5 Å². The third kappa shape index (κ3) is 4.19. The first-order chi connectivity index (χ1) is 15.7. The van der Waals surface area contributed by atoms with Crippen molar-refractivity contribution in [2.45, 2.75) is 13.3 Å². The molecule has 0 bridgehead atoms. The van der Waals surface area contributed by atoms with E-state index in [9.17, 15) is 4.79 Å². The summed E-state index contributed by atoms with van der Waals surface area (Å²) < 4.78 is 0. The van der Waals surface area contributed by atoms with Crippen molar-refractivity contribution in [3.63, 3.8) is 0 Å². The number of aromatic nitrogens is 2. The molecule has 5 rings (SSSR count). The van der Waals surface area contributed by atoms with Crippen LogP contribution in [0.4, 0.5) is 5.82 Å². The molecular weight excluding hydrogens is 396 g/mol. The predicted octanol–water partition coefficient (Wildman–Crippen LogP) is 4.50. The second-order valence-electron chi connectivity index (χ2n) is 8.34. The number of carbonyl (C=O) groups excluding carboxylic acids is 1. The highest BCUT2D eigenvalue weighted by Gasteiger charge is 2.22. The maximum absolute atomic E-state index is 12.7. The second-order valence-corrected chi connectivity index (χ2v) is 8.34. The number of rotatable bonds is 4. The number of piperazine rings is 1. The molecular formula is C27H26N4O. The first kappa shape index (κ1) is 20.2. The van der Waals surface area contributed by atoms with Crippen molar-refractivity contribution in [3.8, 4) is 11.3 Å². The molecule has 5 heteroatoms. The molecule has 1 saturated heterocycles. The fraction of sp³-hybridized carbons (Fsp3) is 0.222. The van der Waals surface area contributed by atoms with Gasteiger partial charge in [0, 0.05) is 31.7 Å². The molecule has 1 amide bonds. The van der Waals surface area contributed by atoms with Crippen LogP contribution in [0.2, 0.25) is 0 Å². The van der Waals surface area contributed by atoms with E-state index in [1.54, 1.807) is 0 Å². The van der Waals surface area contributed by atoms with Crippen LogP contribution in [0.1, 0.15) is 11.1 Å². The van der Waals surface area contributed by atoms with Crippen molar-refractivity contribution in [2.75, 3.05) is 31.1 Å². The van der Waals surface area contributed by atoms with Gasteiger partial charge in [-0.25, -0.2) is 0 Å². The Labute approximate surface area is 188 Å². The topological polar surface area (TPSA) is 49.3 Å². The summed E-state index contributed by atoms with van der Waals surface area (Å²) in [5.41, 5.74) is 4.23. The van der Waals surface area contributed by atoms with Crippen molar-refractivity contribution in [2.24, 2.45) is 0 Å². The Morgan fingerprint density at radius 2 is 1.62 bits per heavy atom. The van der Waals surface area contributed by atoms with E-state index in [-0.39, 0.29) is 5.91 Å². The molecule has 5 nitrogen and oxygen atoms in total. The molecule has 1 aromatic heterocycles. The normalized spacial score (nSPS) is 14.0. The summed E-state index contributed by atoms with van der Waals surface area (Å²) in [5.74, 6) is 1.05.